The minimum absolute atomic E-state index is 0.831. The Morgan fingerprint density at radius 1 is 0.345 bits per heavy atom. The molecule has 2 nitrogen and oxygen atoms in total. The van der Waals surface area contributed by atoms with E-state index in [0.717, 1.165) is 12.2 Å². The van der Waals surface area contributed by atoms with Crippen molar-refractivity contribution < 1.29 is 0 Å². The minimum Gasteiger partial charge on any atom is -0.335 e. The molecule has 1 aliphatic heterocycles. The smallest absolute Gasteiger partial charge is 0.0619 e. The van der Waals surface area contributed by atoms with E-state index >= 15 is 0 Å². The van der Waals surface area contributed by atoms with Crippen molar-refractivity contribution in [2.45, 2.75) is 6.54 Å². The van der Waals surface area contributed by atoms with Crippen LogP contribution in [-0.2, 0) is 6.54 Å². The molecule has 11 rings (SSSR count). The molecule has 0 bridgehead atoms. The Labute approximate surface area is 320 Å². The second-order valence-electron chi connectivity index (χ2n) is 14.5. The van der Waals surface area contributed by atoms with Gasteiger partial charge in [0.2, 0.25) is 0 Å². The SMILES string of the molecule is c1ccc(-c2c(-c3ccccc3)n3c4c(cc(-c5ccc6c(c5)c(-c5ccccc5)c(-c5ccccc5)n6-c5ccccc5)cc24)-c2ccccc2C3)cc1. The van der Waals surface area contributed by atoms with Gasteiger partial charge in [0.1, 0.15) is 0 Å². The highest BCUT2D eigenvalue weighted by Crippen LogP contribution is 2.50. The van der Waals surface area contributed by atoms with Gasteiger partial charge in [0, 0.05) is 39.7 Å². The zero-order valence-corrected chi connectivity index (χ0v) is 30.2. The van der Waals surface area contributed by atoms with Gasteiger partial charge < -0.3 is 9.13 Å². The minimum atomic E-state index is 0.831. The standard InChI is InChI=1S/C53H36N2/c1-6-18-36(19-7-1)49-46-32-40(30-31-48(46)55(43-27-14-5-15-28-43)52(49)39-24-12-4-13-25-39)42-33-45-44-29-17-16-26-41(44)35-54-51(38-22-10-3-11-23-38)50(47(34-42)53(45)54)37-20-8-2-9-21-37/h1-34H,35H2. The fourth-order valence-electron chi connectivity index (χ4n) is 8.99. The van der Waals surface area contributed by atoms with E-state index in [0.29, 0.717) is 0 Å². The van der Waals surface area contributed by atoms with Gasteiger partial charge in [0.05, 0.1) is 22.4 Å². The van der Waals surface area contributed by atoms with Crippen molar-refractivity contribution in [1.82, 2.24) is 9.13 Å². The number of hydrogen-bond donors (Lipinski definition) is 0. The van der Waals surface area contributed by atoms with Gasteiger partial charge in [-0.2, -0.15) is 0 Å². The third-order valence-corrected chi connectivity index (χ3v) is 11.3. The molecular formula is C53H36N2. The molecule has 10 aromatic rings. The highest BCUT2D eigenvalue weighted by Gasteiger charge is 2.28. The van der Waals surface area contributed by atoms with E-state index in [1.165, 1.54) is 94.4 Å². The number of aromatic nitrogens is 2. The van der Waals surface area contributed by atoms with Crippen molar-refractivity contribution in [1.29, 1.82) is 0 Å². The maximum atomic E-state index is 2.57. The zero-order chi connectivity index (χ0) is 36.3. The first-order chi connectivity index (χ1) is 27.3. The van der Waals surface area contributed by atoms with Gasteiger partial charge in [-0.25, -0.2) is 0 Å². The first-order valence-corrected chi connectivity index (χ1v) is 19.1. The molecule has 1 aliphatic rings. The third kappa shape index (κ3) is 5.03. The largest absolute Gasteiger partial charge is 0.335 e. The zero-order valence-electron chi connectivity index (χ0n) is 30.2. The molecule has 258 valence electrons. The second kappa shape index (κ2) is 12.8. The molecule has 0 fully saturated rings. The van der Waals surface area contributed by atoms with Crippen LogP contribution in [0.5, 0.6) is 0 Å². The number of para-hydroxylation sites is 1. The number of rotatable bonds is 6. The van der Waals surface area contributed by atoms with Crippen LogP contribution >= 0.6 is 0 Å². The molecule has 0 atom stereocenters. The number of benzene rings is 8. The first-order valence-electron chi connectivity index (χ1n) is 19.1. The van der Waals surface area contributed by atoms with Crippen molar-refractivity contribution in [3.8, 4) is 72.7 Å². The lowest BCUT2D eigenvalue weighted by Crippen LogP contribution is -2.08. The molecule has 0 unspecified atom stereocenters. The molecule has 0 spiro atoms. The van der Waals surface area contributed by atoms with Crippen LogP contribution in [0.1, 0.15) is 5.56 Å². The normalized spacial score (nSPS) is 11.9. The van der Waals surface area contributed by atoms with Gasteiger partial charge in [-0.3, -0.25) is 0 Å². The fourth-order valence-corrected chi connectivity index (χ4v) is 8.99. The van der Waals surface area contributed by atoms with Crippen LogP contribution in [0.25, 0.3) is 94.5 Å². The molecule has 0 saturated heterocycles. The predicted molar refractivity (Wildman–Crippen MR) is 230 cm³/mol. The summed E-state index contributed by atoms with van der Waals surface area (Å²) in [6.45, 7) is 0.831. The van der Waals surface area contributed by atoms with Crippen LogP contribution in [0.15, 0.2) is 206 Å². The maximum Gasteiger partial charge on any atom is 0.0619 e. The van der Waals surface area contributed by atoms with Crippen LogP contribution in [0.4, 0.5) is 0 Å². The molecule has 0 aliphatic carbocycles. The van der Waals surface area contributed by atoms with Crippen molar-refractivity contribution in [3.05, 3.63) is 212 Å². The Morgan fingerprint density at radius 3 is 1.49 bits per heavy atom. The van der Waals surface area contributed by atoms with Gasteiger partial charge in [0.15, 0.2) is 0 Å². The Kier molecular flexibility index (Phi) is 7.28. The topological polar surface area (TPSA) is 9.86 Å². The van der Waals surface area contributed by atoms with E-state index in [1.807, 2.05) is 0 Å². The lowest BCUT2D eigenvalue weighted by molar-refractivity contribution is 0.838. The average molecular weight is 701 g/mol. The second-order valence-corrected chi connectivity index (χ2v) is 14.5. The van der Waals surface area contributed by atoms with Crippen molar-refractivity contribution in [3.63, 3.8) is 0 Å². The highest BCUT2D eigenvalue weighted by molar-refractivity contribution is 6.13. The van der Waals surface area contributed by atoms with Crippen LogP contribution in [0.3, 0.4) is 0 Å². The van der Waals surface area contributed by atoms with Gasteiger partial charge in [-0.15, -0.1) is 0 Å². The fraction of sp³-hybridized carbons (Fsp3) is 0.0189. The van der Waals surface area contributed by atoms with Gasteiger partial charge in [-0.05, 0) is 80.9 Å². The summed E-state index contributed by atoms with van der Waals surface area (Å²) in [5, 5.41) is 2.51. The van der Waals surface area contributed by atoms with Gasteiger partial charge in [0.25, 0.3) is 0 Å². The van der Waals surface area contributed by atoms with Gasteiger partial charge >= 0.3 is 0 Å². The molecule has 0 N–H and O–H groups in total. The highest BCUT2D eigenvalue weighted by atomic mass is 15.0. The molecule has 2 aromatic heterocycles. The molecule has 3 heterocycles. The van der Waals surface area contributed by atoms with Crippen molar-refractivity contribution >= 4 is 21.8 Å². The van der Waals surface area contributed by atoms with E-state index in [4.69, 9.17) is 0 Å². The Hall–Kier alpha value is -7.16. The van der Waals surface area contributed by atoms with E-state index in [9.17, 15) is 0 Å². The van der Waals surface area contributed by atoms with E-state index in [1.54, 1.807) is 0 Å². The van der Waals surface area contributed by atoms with E-state index in [-0.39, 0.29) is 0 Å². The van der Waals surface area contributed by atoms with Crippen LogP contribution in [0.2, 0.25) is 0 Å². The van der Waals surface area contributed by atoms with Crippen LogP contribution in [-0.4, -0.2) is 9.13 Å². The number of nitrogens with zero attached hydrogens (tertiary/aromatic N) is 2. The van der Waals surface area contributed by atoms with Crippen LogP contribution in [0, 0.1) is 0 Å². The first kappa shape index (κ1) is 31.4. The van der Waals surface area contributed by atoms with Gasteiger partial charge in [-0.1, -0.05) is 170 Å². The summed E-state index contributed by atoms with van der Waals surface area (Å²) < 4.78 is 5.01. The predicted octanol–water partition coefficient (Wildman–Crippen LogP) is 13.9. The molecule has 0 amide bonds. The van der Waals surface area contributed by atoms with E-state index in [2.05, 4.69) is 215 Å². The van der Waals surface area contributed by atoms with E-state index < -0.39 is 0 Å². The molecule has 8 aromatic carbocycles. The summed E-state index contributed by atoms with van der Waals surface area (Å²) in [6, 6.07) is 75.3. The summed E-state index contributed by atoms with van der Waals surface area (Å²) in [5.41, 5.74) is 19.8. The summed E-state index contributed by atoms with van der Waals surface area (Å²) in [7, 11) is 0. The van der Waals surface area contributed by atoms with Crippen molar-refractivity contribution in [2.75, 3.05) is 0 Å². The Balaban J connectivity index is 1.24. The molecule has 55 heavy (non-hydrogen) atoms. The Bertz CT molecular complexity index is 3010. The Morgan fingerprint density at radius 2 is 0.855 bits per heavy atom. The van der Waals surface area contributed by atoms with Crippen molar-refractivity contribution in [2.24, 2.45) is 0 Å². The quantitative estimate of drug-likeness (QED) is 0.163. The number of hydrogen-bond acceptors (Lipinski definition) is 0. The summed E-state index contributed by atoms with van der Waals surface area (Å²) in [5.74, 6) is 0. The monoisotopic (exact) mass is 700 g/mol. The number of fused-ring (bicyclic) bond motifs is 3. The summed E-state index contributed by atoms with van der Waals surface area (Å²) >= 11 is 0. The summed E-state index contributed by atoms with van der Waals surface area (Å²) in [6.07, 6.45) is 0. The molecule has 2 heteroatoms. The molecule has 0 saturated carbocycles. The molecule has 0 radical (unpaired) electrons. The van der Waals surface area contributed by atoms with Crippen LogP contribution < -0.4 is 0 Å². The molecular weight excluding hydrogens is 665 g/mol. The lowest BCUT2D eigenvalue weighted by Gasteiger charge is -2.22. The third-order valence-electron chi connectivity index (χ3n) is 11.3. The maximum absolute atomic E-state index is 2.57. The lowest BCUT2D eigenvalue weighted by atomic mass is 9.89. The summed E-state index contributed by atoms with van der Waals surface area (Å²) in [4.78, 5) is 0. The average Bonchev–Trinajstić information content (AvgIpc) is 3.78.